The van der Waals surface area contributed by atoms with Crippen molar-refractivity contribution >= 4 is 26.6 Å². The van der Waals surface area contributed by atoms with Crippen LogP contribution in [0.4, 0.5) is 5.69 Å². The molecule has 7 heteroatoms. The zero-order valence-corrected chi connectivity index (χ0v) is 11.7. The van der Waals surface area contributed by atoms with Gasteiger partial charge in [0, 0.05) is 29.3 Å². The fourth-order valence-electron chi connectivity index (χ4n) is 2.41. The summed E-state index contributed by atoms with van der Waals surface area (Å²) in [6, 6.07) is 5.02. The van der Waals surface area contributed by atoms with Crippen LogP contribution in [0.3, 0.4) is 0 Å². The number of hydrogen-bond donors (Lipinski definition) is 4. The van der Waals surface area contributed by atoms with Crippen LogP contribution in [0, 0.1) is 0 Å². The predicted molar refractivity (Wildman–Crippen MR) is 76.7 cm³/mol. The van der Waals surface area contributed by atoms with E-state index in [1.54, 1.807) is 18.2 Å². The normalized spacial score (nSPS) is 18.1. The van der Waals surface area contributed by atoms with Crippen molar-refractivity contribution in [3.05, 3.63) is 24.4 Å². The minimum atomic E-state index is -3.65. The van der Waals surface area contributed by atoms with E-state index in [1.807, 2.05) is 0 Å². The lowest BCUT2D eigenvalue weighted by molar-refractivity contribution is -0.0270. The first-order chi connectivity index (χ1) is 9.40. The number of fused-ring (bicyclic) bond motifs is 1. The molecule has 0 radical (unpaired) electrons. The smallest absolute Gasteiger partial charge is 0.242 e. The molecule has 1 heterocycles. The predicted octanol–water partition coefficient (Wildman–Crippen LogP) is 0.943. The Balaban J connectivity index is 1.89. The third-order valence-corrected chi connectivity index (χ3v) is 5.27. The molecule has 0 unspecified atom stereocenters. The Hall–Kier alpha value is -1.57. The molecule has 108 valence electrons. The molecule has 0 amide bonds. The number of aliphatic hydroxyl groups is 1. The summed E-state index contributed by atoms with van der Waals surface area (Å²) < 4.78 is 27.1. The molecule has 20 heavy (non-hydrogen) atoms. The van der Waals surface area contributed by atoms with Crippen LogP contribution in [0.25, 0.3) is 10.9 Å². The van der Waals surface area contributed by atoms with E-state index in [1.165, 1.54) is 6.20 Å². The van der Waals surface area contributed by atoms with Gasteiger partial charge in [0.1, 0.15) is 4.90 Å². The number of nitrogen functional groups attached to an aromatic ring is 1. The van der Waals surface area contributed by atoms with Gasteiger partial charge in [-0.2, -0.15) is 0 Å². The van der Waals surface area contributed by atoms with Crippen LogP contribution in [0.5, 0.6) is 0 Å². The molecule has 1 saturated carbocycles. The van der Waals surface area contributed by atoms with Gasteiger partial charge in [-0.25, -0.2) is 13.1 Å². The maximum absolute atomic E-state index is 12.3. The number of H-pyrrole nitrogens is 1. The van der Waals surface area contributed by atoms with Crippen molar-refractivity contribution in [3.8, 4) is 0 Å². The van der Waals surface area contributed by atoms with Gasteiger partial charge in [-0.3, -0.25) is 0 Å². The summed E-state index contributed by atoms with van der Waals surface area (Å²) in [5.41, 5.74) is 6.02. The largest absolute Gasteiger partial charge is 0.399 e. The number of benzene rings is 1. The number of aromatic amines is 1. The van der Waals surface area contributed by atoms with E-state index in [2.05, 4.69) is 9.71 Å². The van der Waals surface area contributed by atoms with Crippen LogP contribution in [0.15, 0.2) is 29.3 Å². The molecule has 2 aromatic rings. The Morgan fingerprint density at radius 2 is 2.15 bits per heavy atom. The average molecular weight is 295 g/mol. The third-order valence-electron chi connectivity index (χ3n) is 3.83. The molecule has 1 aromatic carbocycles. The number of hydrogen-bond acceptors (Lipinski definition) is 4. The summed E-state index contributed by atoms with van der Waals surface area (Å²) in [5, 5.41) is 10.6. The van der Waals surface area contributed by atoms with E-state index in [4.69, 9.17) is 5.73 Å². The van der Waals surface area contributed by atoms with Crippen LogP contribution in [-0.2, 0) is 10.0 Å². The zero-order chi connectivity index (χ0) is 14.4. The molecule has 0 atom stereocenters. The van der Waals surface area contributed by atoms with Crippen LogP contribution in [0.1, 0.15) is 19.3 Å². The summed E-state index contributed by atoms with van der Waals surface area (Å²) in [7, 11) is -3.65. The fraction of sp³-hybridized carbons (Fsp3) is 0.385. The highest BCUT2D eigenvalue weighted by Crippen LogP contribution is 2.31. The fourth-order valence-corrected chi connectivity index (χ4v) is 3.70. The Morgan fingerprint density at radius 3 is 2.80 bits per heavy atom. The quantitative estimate of drug-likeness (QED) is 0.629. The number of anilines is 1. The maximum Gasteiger partial charge on any atom is 0.242 e. The lowest BCUT2D eigenvalue weighted by atomic mass is 9.81. The van der Waals surface area contributed by atoms with E-state index < -0.39 is 15.6 Å². The second kappa shape index (κ2) is 4.47. The van der Waals surface area contributed by atoms with E-state index in [9.17, 15) is 13.5 Å². The Bertz CT molecular complexity index is 747. The minimum absolute atomic E-state index is 0.0526. The molecular formula is C13H17N3O3S. The number of sulfonamides is 1. The highest BCUT2D eigenvalue weighted by molar-refractivity contribution is 7.89. The molecule has 1 fully saturated rings. The van der Waals surface area contributed by atoms with Gasteiger partial charge >= 0.3 is 0 Å². The van der Waals surface area contributed by atoms with Gasteiger partial charge < -0.3 is 15.8 Å². The van der Waals surface area contributed by atoms with Crippen LogP contribution >= 0.6 is 0 Å². The first-order valence-corrected chi connectivity index (χ1v) is 7.97. The van der Waals surface area contributed by atoms with Gasteiger partial charge in [-0.15, -0.1) is 0 Å². The molecule has 5 N–H and O–H groups in total. The van der Waals surface area contributed by atoms with Gasteiger partial charge in [-0.1, -0.05) is 0 Å². The molecule has 0 saturated heterocycles. The topological polar surface area (TPSA) is 108 Å². The summed E-state index contributed by atoms with van der Waals surface area (Å²) in [6.07, 6.45) is 3.65. The Labute approximate surface area is 117 Å². The maximum atomic E-state index is 12.3. The SMILES string of the molecule is Nc1ccc2c(S(=O)(=O)NCC3(O)CCC3)c[nH]c2c1. The summed E-state index contributed by atoms with van der Waals surface area (Å²) in [4.78, 5) is 3.07. The number of rotatable bonds is 4. The lowest BCUT2D eigenvalue weighted by Gasteiger charge is -2.36. The van der Waals surface area contributed by atoms with Crippen molar-refractivity contribution in [2.45, 2.75) is 29.8 Å². The van der Waals surface area contributed by atoms with Crippen LogP contribution in [0.2, 0.25) is 0 Å². The van der Waals surface area contributed by atoms with Gasteiger partial charge in [0.25, 0.3) is 0 Å². The molecule has 6 nitrogen and oxygen atoms in total. The molecule has 0 spiro atoms. The highest BCUT2D eigenvalue weighted by atomic mass is 32.2. The molecule has 1 aliphatic rings. The lowest BCUT2D eigenvalue weighted by Crippen LogP contribution is -2.47. The first kappa shape index (κ1) is 13.4. The zero-order valence-electron chi connectivity index (χ0n) is 10.9. The highest BCUT2D eigenvalue weighted by Gasteiger charge is 2.35. The molecular weight excluding hydrogens is 278 g/mol. The van der Waals surface area contributed by atoms with E-state index in [-0.39, 0.29) is 11.4 Å². The van der Waals surface area contributed by atoms with Gasteiger partial charge in [0.15, 0.2) is 0 Å². The molecule has 0 bridgehead atoms. The number of aromatic nitrogens is 1. The van der Waals surface area contributed by atoms with Crippen LogP contribution in [-0.4, -0.2) is 30.7 Å². The summed E-state index contributed by atoms with van der Waals surface area (Å²) in [6.45, 7) is 0.0526. The van der Waals surface area contributed by atoms with Crippen molar-refractivity contribution in [2.24, 2.45) is 0 Å². The molecule has 1 aliphatic carbocycles. The summed E-state index contributed by atoms with van der Waals surface area (Å²) in [5.74, 6) is 0. The van der Waals surface area contributed by atoms with Gasteiger partial charge in [0.2, 0.25) is 10.0 Å². The molecule has 1 aromatic heterocycles. The monoisotopic (exact) mass is 295 g/mol. The molecule has 0 aliphatic heterocycles. The van der Waals surface area contributed by atoms with E-state index >= 15 is 0 Å². The summed E-state index contributed by atoms with van der Waals surface area (Å²) >= 11 is 0. The van der Waals surface area contributed by atoms with E-state index in [0.29, 0.717) is 29.4 Å². The van der Waals surface area contributed by atoms with E-state index in [0.717, 1.165) is 6.42 Å². The average Bonchev–Trinajstić information content (AvgIpc) is 2.77. The van der Waals surface area contributed by atoms with Crippen molar-refractivity contribution < 1.29 is 13.5 Å². The van der Waals surface area contributed by atoms with Gasteiger partial charge in [0.05, 0.1) is 5.60 Å². The number of nitrogens with one attached hydrogen (secondary N) is 2. The third kappa shape index (κ3) is 2.28. The van der Waals surface area contributed by atoms with Crippen molar-refractivity contribution in [1.29, 1.82) is 0 Å². The minimum Gasteiger partial charge on any atom is -0.399 e. The Kier molecular flexibility index (Phi) is 3.00. The van der Waals surface area contributed by atoms with Crippen molar-refractivity contribution in [1.82, 2.24) is 9.71 Å². The second-order valence-electron chi connectivity index (χ2n) is 5.36. The van der Waals surface area contributed by atoms with Crippen molar-refractivity contribution in [2.75, 3.05) is 12.3 Å². The molecule has 3 rings (SSSR count). The van der Waals surface area contributed by atoms with Crippen molar-refractivity contribution in [3.63, 3.8) is 0 Å². The standard InChI is InChI=1S/C13H17N3O3S/c14-9-2-3-10-11(6-9)15-7-12(10)20(18,19)16-8-13(17)4-1-5-13/h2-3,6-7,15-17H,1,4-5,8,14H2. The second-order valence-corrected chi connectivity index (χ2v) is 7.10. The first-order valence-electron chi connectivity index (χ1n) is 6.48. The number of nitrogens with two attached hydrogens (primary N) is 1. The van der Waals surface area contributed by atoms with Crippen LogP contribution < -0.4 is 10.5 Å². The van der Waals surface area contributed by atoms with Gasteiger partial charge in [-0.05, 0) is 37.5 Å². The Morgan fingerprint density at radius 1 is 1.40 bits per heavy atom.